The third kappa shape index (κ3) is 3.57. The molecule has 1 aliphatic rings. The van der Waals surface area contributed by atoms with E-state index in [9.17, 15) is 4.79 Å². The number of benzene rings is 1. The summed E-state index contributed by atoms with van der Waals surface area (Å²) in [6.45, 7) is 3.14. The van der Waals surface area contributed by atoms with Gasteiger partial charge in [0.15, 0.2) is 5.65 Å². The fourth-order valence-electron chi connectivity index (χ4n) is 3.85. The number of rotatable bonds is 6. The highest BCUT2D eigenvalue weighted by Gasteiger charge is 2.26. The Balaban J connectivity index is 1.49. The lowest BCUT2D eigenvalue weighted by Crippen LogP contribution is -2.28. The first kappa shape index (κ1) is 18.4. The summed E-state index contributed by atoms with van der Waals surface area (Å²) in [5.74, 6) is 0.847. The van der Waals surface area contributed by atoms with E-state index >= 15 is 0 Å². The first-order valence-electron chi connectivity index (χ1n) is 9.58. The minimum atomic E-state index is -0.153. The minimum absolute atomic E-state index is 0.153. The van der Waals surface area contributed by atoms with E-state index in [1.807, 2.05) is 22.9 Å². The SMILES string of the molecule is COc1ccccc1C(=O)NCCn1nc(C2CCN(C)C2)c2cccnc21. The number of ether oxygens (including phenoxy) is 1. The molecule has 0 aliphatic carbocycles. The van der Waals surface area contributed by atoms with Crippen LogP contribution in [0.4, 0.5) is 0 Å². The molecule has 7 nitrogen and oxygen atoms in total. The number of nitrogens with one attached hydrogen (secondary N) is 1. The second kappa shape index (κ2) is 7.98. The maximum atomic E-state index is 12.5. The van der Waals surface area contributed by atoms with Gasteiger partial charge >= 0.3 is 0 Å². The molecule has 3 heterocycles. The first-order chi connectivity index (χ1) is 13.7. The predicted molar refractivity (Wildman–Crippen MR) is 108 cm³/mol. The van der Waals surface area contributed by atoms with Gasteiger partial charge in [0.25, 0.3) is 5.91 Å². The van der Waals surface area contributed by atoms with E-state index < -0.39 is 0 Å². The normalized spacial score (nSPS) is 17.1. The first-order valence-corrected chi connectivity index (χ1v) is 9.58. The van der Waals surface area contributed by atoms with Gasteiger partial charge < -0.3 is 15.0 Å². The second-order valence-electron chi connectivity index (χ2n) is 7.19. The van der Waals surface area contributed by atoms with Crippen LogP contribution >= 0.6 is 0 Å². The summed E-state index contributed by atoms with van der Waals surface area (Å²) >= 11 is 0. The van der Waals surface area contributed by atoms with Crippen LogP contribution in [-0.2, 0) is 6.54 Å². The molecule has 28 heavy (non-hydrogen) atoms. The van der Waals surface area contributed by atoms with E-state index in [4.69, 9.17) is 9.84 Å². The fraction of sp³-hybridized carbons (Fsp3) is 0.381. The van der Waals surface area contributed by atoms with Crippen LogP contribution in [0.25, 0.3) is 11.0 Å². The Bertz CT molecular complexity index is 984. The van der Waals surface area contributed by atoms with Crippen LogP contribution in [0.5, 0.6) is 5.75 Å². The number of likely N-dealkylation sites (tertiary alicyclic amines) is 1. The average molecular weight is 379 g/mol. The molecule has 0 bridgehead atoms. The van der Waals surface area contributed by atoms with Crippen LogP contribution in [-0.4, -0.2) is 59.4 Å². The van der Waals surface area contributed by atoms with Crippen LogP contribution in [0.2, 0.25) is 0 Å². The van der Waals surface area contributed by atoms with Crippen LogP contribution in [0.3, 0.4) is 0 Å². The number of carbonyl (C=O) groups is 1. The van der Waals surface area contributed by atoms with Crippen molar-refractivity contribution in [1.82, 2.24) is 25.0 Å². The molecule has 1 N–H and O–H groups in total. The van der Waals surface area contributed by atoms with Gasteiger partial charge in [-0.1, -0.05) is 12.1 Å². The Labute approximate surface area is 164 Å². The molecule has 1 aliphatic heterocycles. The maximum absolute atomic E-state index is 12.5. The summed E-state index contributed by atoms with van der Waals surface area (Å²) in [6.07, 6.45) is 2.90. The van der Waals surface area contributed by atoms with Crippen molar-refractivity contribution in [3.05, 3.63) is 53.9 Å². The number of para-hydroxylation sites is 1. The van der Waals surface area contributed by atoms with Gasteiger partial charge in [0.2, 0.25) is 0 Å². The second-order valence-corrected chi connectivity index (χ2v) is 7.19. The van der Waals surface area contributed by atoms with Crippen molar-refractivity contribution in [2.45, 2.75) is 18.9 Å². The number of nitrogens with zero attached hydrogens (tertiary/aromatic N) is 4. The zero-order valence-electron chi connectivity index (χ0n) is 16.3. The van der Waals surface area contributed by atoms with E-state index in [-0.39, 0.29) is 5.91 Å². The molecule has 1 fully saturated rings. The maximum Gasteiger partial charge on any atom is 0.255 e. The van der Waals surface area contributed by atoms with E-state index in [0.717, 1.165) is 36.2 Å². The van der Waals surface area contributed by atoms with Crippen molar-refractivity contribution < 1.29 is 9.53 Å². The number of carbonyl (C=O) groups excluding carboxylic acids is 1. The molecule has 4 rings (SSSR count). The van der Waals surface area contributed by atoms with Gasteiger partial charge in [-0.2, -0.15) is 5.10 Å². The molecule has 3 aromatic rings. The molecule has 1 saturated heterocycles. The average Bonchev–Trinajstić information content (AvgIpc) is 3.31. The van der Waals surface area contributed by atoms with Crippen molar-refractivity contribution >= 4 is 16.9 Å². The van der Waals surface area contributed by atoms with Gasteiger partial charge in [-0.15, -0.1) is 0 Å². The molecule has 1 aromatic carbocycles. The van der Waals surface area contributed by atoms with Crippen molar-refractivity contribution in [3.63, 3.8) is 0 Å². The summed E-state index contributed by atoms with van der Waals surface area (Å²) < 4.78 is 7.17. The highest BCUT2D eigenvalue weighted by atomic mass is 16.5. The summed E-state index contributed by atoms with van der Waals surface area (Å²) in [5, 5.41) is 8.93. The van der Waals surface area contributed by atoms with Gasteiger partial charge in [-0.25, -0.2) is 9.67 Å². The molecule has 0 saturated carbocycles. The molecular formula is C21H25N5O2. The minimum Gasteiger partial charge on any atom is -0.496 e. The molecule has 1 atom stereocenters. The number of hydrogen-bond acceptors (Lipinski definition) is 5. The monoisotopic (exact) mass is 379 g/mol. The highest BCUT2D eigenvalue weighted by molar-refractivity contribution is 5.96. The van der Waals surface area contributed by atoms with Crippen molar-refractivity contribution in [3.8, 4) is 5.75 Å². The van der Waals surface area contributed by atoms with Gasteiger partial charge in [0.1, 0.15) is 5.75 Å². The molecule has 0 spiro atoms. The quantitative estimate of drug-likeness (QED) is 0.711. The third-order valence-corrected chi connectivity index (χ3v) is 5.27. The number of pyridine rings is 1. The summed E-state index contributed by atoms with van der Waals surface area (Å²) in [4.78, 5) is 19.3. The standard InChI is InChI=1S/C21H25N5O2/c1-25-12-9-15(14-25)19-17-7-5-10-22-20(17)26(24-19)13-11-23-21(27)16-6-3-4-8-18(16)28-2/h3-8,10,15H,9,11-14H2,1-2H3,(H,23,27). The summed E-state index contributed by atoms with van der Waals surface area (Å²) in [6, 6.07) is 11.3. The van der Waals surface area contributed by atoms with E-state index in [1.165, 1.54) is 0 Å². The Morgan fingerprint density at radius 3 is 2.93 bits per heavy atom. The fourth-order valence-corrected chi connectivity index (χ4v) is 3.85. The summed E-state index contributed by atoms with van der Waals surface area (Å²) in [7, 11) is 3.71. The lowest BCUT2D eigenvalue weighted by molar-refractivity contribution is 0.0949. The zero-order valence-corrected chi connectivity index (χ0v) is 16.3. The van der Waals surface area contributed by atoms with E-state index in [0.29, 0.717) is 30.3 Å². The molecule has 7 heteroatoms. The zero-order chi connectivity index (χ0) is 19.5. The van der Waals surface area contributed by atoms with Crippen LogP contribution in [0, 0.1) is 0 Å². The van der Waals surface area contributed by atoms with E-state index in [1.54, 1.807) is 25.4 Å². The Kier molecular flexibility index (Phi) is 5.25. The molecule has 1 unspecified atom stereocenters. The summed E-state index contributed by atoms with van der Waals surface area (Å²) in [5.41, 5.74) is 2.52. The Hall–Kier alpha value is -2.93. The largest absolute Gasteiger partial charge is 0.496 e. The Morgan fingerprint density at radius 1 is 1.29 bits per heavy atom. The van der Waals surface area contributed by atoms with Crippen LogP contribution in [0.1, 0.15) is 28.4 Å². The number of amides is 1. The van der Waals surface area contributed by atoms with Gasteiger partial charge in [-0.05, 0) is 44.3 Å². The highest BCUT2D eigenvalue weighted by Crippen LogP contribution is 2.30. The number of aromatic nitrogens is 3. The number of likely N-dealkylation sites (N-methyl/N-ethyl adjacent to an activating group) is 1. The smallest absolute Gasteiger partial charge is 0.255 e. The van der Waals surface area contributed by atoms with Gasteiger partial charge in [0.05, 0.1) is 24.9 Å². The lowest BCUT2D eigenvalue weighted by atomic mass is 10.0. The molecule has 2 aromatic heterocycles. The number of fused-ring (bicyclic) bond motifs is 1. The van der Waals surface area contributed by atoms with Crippen molar-refractivity contribution in [2.75, 3.05) is 33.8 Å². The molecule has 146 valence electrons. The molecule has 1 amide bonds. The van der Waals surface area contributed by atoms with Crippen molar-refractivity contribution in [2.24, 2.45) is 0 Å². The van der Waals surface area contributed by atoms with Crippen LogP contribution < -0.4 is 10.1 Å². The van der Waals surface area contributed by atoms with Crippen LogP contribution in [0.15, 0.2) is 42.6 Å². The number of hydrogen-bond donors (Lipinski definition) is 1. The lowest BCUT2D eigenvalue weighted by Gasteiger charge is -2.09. The molecule has 0 radical (unpaired) electrons. The topological polar surface area (TPSA) is 72.3 Å². The third-order valence-electron chi connectivity index (χ3n) is 5.27. The van der Waals surface area contributed by atoms with Gasteiger partial charge in [-0.3, -0.25) is 4.79 Å². The molecular weight excluding hydrogens is 354 g/mol. The van der Waals surface area contributed by atoms with Crippen molar-refractivity contribution in [1.29, 1.82) is 0 Å². The number of methoxy groups -OCH3 is 1. The Morgan fingerprint density at radius 2 is 2.14 bits per heavy atom. The van der Waals surface area contributed by atoms with E-state index in [2.05, 4.69) is 28.3 Å². The van der Waals surface area contributed by atoms with Gasteiger partial charge in [0, 0.05) is 30.6 Å². The predicted octanol–water partition coefficient (Wildman–Crippen LogP) is 2.29.